The van der Waals surface area contributed by atoms with E-state index in [-0.39, 0.29) is 24.3 Å². The number of likely N-dealkylation sites (tertiary alicyclic amines) is 1. The van der Waals surface area contributed by atoms with E-state index in [0.29, 0.717) is 31.7 Å². The molecule has 9 heteroatoms. The first-order valence-corrected chi connectivity index (χ1v) is 16.2. The van der Waals surface area contributed by atoms with Gasteiger partial charge in [0.15, 0.2) is 0 Å². The number of carbonyl (C=O) groups excluding carboxylic acids is 3. The number of rotatable bonds is 9. The Morgan fingerprint density at radius 3 is 2.22 bits per heavy atom. The van der Waals surface area contributed by atoms with Crippen molar-refractivity contribution in [1.29, 1.82) is 0 Å². The third-order valence-corrected chi connectivity index (χ3v) is 10.2. The van der Waals surface area contributed by atoms with Crippen molar-refractivity contribution in [2.45, 2.75) is 63.9 Å². The number of fused-ring (bicyclic) bond motifs is 2. The molecule has 1 N–H and O–H groups in total. The number of carbonyl (C=O) groups is 3. The van der Waals surface area contributed by atoms with Crippen LogP contribution in [0.5, 0.6) is 0 Å². The number of anilines is 2. The van der Waals surface area contributed by atoms with Gasteiger partial charge in [-0.2, -0.15) is 0 Å². The molecule has 6 atom stereocenters. The van der Waals surface area contributed by atoms with E-state index in [9.17, 15) is 19.5 Å². The second-order valence-corrected chi connectivity index (χ2v) is 12.5. The van der Waals surface area contributed by atoms with E-state index in [4.69, 9.17) is 4.74 Å². The Bertz CT molecular complexity index is 1490. The van der Waals surface area contributed by atoms with Gasteiger partial charge in [-0.1, -0.05) is 61.6 Å². The van der Waals surface area contributed by atoms with Crippen molar-refractivity contribution in [3.63, 3.8) is 0 Å². The van der Waals surface area contributed by atoms with Crippen molar-refractivity contribution in [1.82, 2.24) is 9.80 Å². The molecule has 2 aromatic rings. The van der Waals surface area contributed by atoms with Gasteiger partial charge in [0, 0.05) is 44.1 Å². The lowest BCUT2D eigenvalue weighted by Gasteiger charge is -2.40. The highest BCUT2D eigenvalue weighted by molar-refractivity contribution is 6.06. The lowest BCUT2D eigenvalue weighted by atomic mass is 9.73. The van der Waals surface area contributed by atoms with Crippen LogP contribution < -0.4 is 9.80 Å². The third kappa shape index (κ3) is 4.88. The minimum Gasteiger partial charge on any atom is -0.394 e. The first kappa shape index (κ1) is 31.0. The van der Waals surface area contributed by atoms with Gasteiger partial charge in [-0.3, -0.25) is 14.4 Å². The highest BCUT2D eigenvalue weighted by Crippen LogP contribution is 2.59. The Labute approximate surface area is 265 Å². The molecular weight excluding hydrogens is 568 g/mol. The quantitative estimate of drug-likeness (QED) is 0.434. The van der Waals surface area contributed by atoms with Crippen LogP contribution in [0, 0.1) is 11.8 Å². The van der Waals surface area contributed by atoms with Gasteiger partial charge < -0.3 is 29.4 Å². The standard InChI is InChI=1S/C36H44N4O5/c1-5-35-19-11-21-38(23-26-13-9-8-10-14-26)32(42)29(35)30-33(43)40(25(4)24-41)31-34(44)39(22-12-20-36(30,31)45-35)28-17-15-27(16-18-28)37(6-2)7-3/h8-20,25,29-31,41H,5-7,21-24H2,1-4H3/t25-,29+,30+,31?,35-,36+/m1/s1. The summed E-state index contributed by atoms with van der Waals surface area (Å²) in [5, 5.41) is 10.3. The molecule has 9 nitrogen and oxygen atoms in total. The summed E-state index contributed by atoms with van der Waals surface area (Å²) in [4.78, 5) is 51.1. The Balaban J connectivity index is 1.42. The molecule has 0 bridgehead atoms. The molecule has 2 fully saturated rings. The predicted octanol–water partition coefficient (Wildman–Crippen LogP) is 3.78. The molecule has 1 unspecified atom stereocenters. The molecule has 2 aromatic carbocycles. The predicted molar refractivity (Wildman–Crippen MR) is 173 cm³/mol. The van der Waals surface area contributed by atoms with Gasteiger partial charge in [0.25, 0.3) is 5.91 Å². The Hall–Kier alpha value is -3.95. The zero-order valence-electron chi connectivity index (χ0n) is 26.6. The van der Waals surface area contributed by atoms with E-state index in [0.717, 1.165) is 24.3 Å². The second kappa shape index (κ2) is 12.1. The molecule has 238 valence electrons. The fourth-order valence-corrected chi connectivity index (χ4v) is 7.92. The van der Waals surface area contributed by atoms with Gasteiger partial charge in [-0.05, 0) is 57.0 Å². The van der Waals surface area contributed by atoms with Crippen LogP contribution in [-0.4, -0.2) is 88.7 Å². The van der Waals surface area contributed by atoms with Crippen molar-refractivity contribution < 1.29 is 24.2 Å². The minimum absolute atomic E-state index is 0.160. The Morgan fingerprint density at radius 2 is 1.58 bits per heavy atom. The molecule has 4 aliphatic rings. The Morgan fingerprint density at radius 1 is 0.889 bits per heavy atom. The minimum atomic E-state index is -1.37. The number of nitrogens with zero attached hydrogens (tertiary/aromatic N) is 4. The van der Waals surface area contributed by atoms with Crippen molar-refractivity contribution in [3.8, 4) is 0 Å². The molecule has 0 saturated carbocycles. The van der Waals surface area contributed by atoms with Crippen molar-refractivity contribution >= 4 is 29.1 Å². The fourth-order valence-electron chi connectivity index (χ4n) is 7.92. The number of ether oxygens (including phenoxy) is 1. The second-order valence-electron chi connectivity index (χ2n) is 12.5. The number of amides is 3. The van der Waals surface area contributed by atoms with Gasteiger partial charge in [-0.15, -0.1) is 0 Å². The van der Waals surface area contributed by atoms with E-state index < -0.39 is 35.1 Å². The highest BCUT2D eigenvalue weighted by atomic mass is 16.5. The normalized spacial score (nSPS) is 29.8. The van der Waals surface area contributed by atoms with Crippen molar-refractivity contribution in [2.24, 2.45) is 11.8 Å². The van der Waals surface area contributed by atoms with Gasteiger partial charge in [-0.25, -0.2) is 0 Å². The zero-order valence-corrected chi connectivity index (χ0v) is 26.6. The van der Waals surface area contributed by atoms with Crippen LogP contribution >= 0.6 is 0 Å². The summed E-state index contributed by atoms with van der Waals surface area (Å²) in [5.41, 5.74) is 0.354. The summed E-state index contributed by atoms with van der Waals surface area (Å²) >= 11 is 0. The number of hydrogen-bond donors (Lipinski definition) is 1. The first-order valence-electron chi connectivity index (χ1n) is 16.2. The molecule has 2 saturated heterocycles. The third-order valence-electron chi connectivity index (χ3n) is 10.2. The summed E-state index contributed by atoms with van der Waals surface area (Å²) in [7, 11) is 0. The first-order chi connectivity index (χ1) is 21.7. The zero-order chi connectivity index (χ0) is 31.9. The highest BCUT2D eigenvalue weighted by Gasteiger charge is 2.75. The molecule has 0 aromatic heterocycles. The molecule has 3 amide bonds. The van der Waals surface area contributed by atoms with E-state index in [2.05, 4.69) is 18.7 Å². The molecule has 1 spiro atoms. The van der Waals surface area contributed by atoms with Gasteiger partial charge >= 0.3 is 0 Å². The molecule has 4 aliphatic heterocycles. The van der Waals surface area contributed by atoms with E-state index in [1.807, 2.05) is 85.8 Å². The maximum atomic E-state index is 14.7. The summed E-state index contributed by atoms with van der Waals surface area (Å²) < 4.78 is 7.06. The molecule has 0 radical (unpaired) electrons. The summed E-state index contributed by atoms with van der Waals surface area (Å²) in [6.45, 7) is 10.4. The summed E-state index contributed by atoms with van der Waals surface area (Å²) in [6, 6.07) is 16.0. The number of aliphatic hydroxyl groups excluding tert-OH is 1. The average Bonchev–Trinajstić information content (AvgIpc) is 3.37. The average molecular weight is 613 g/mol. The SMILES string of the molecule is CCN(CC)c1ccc(N2CC=C[C@]34O[C@]5(CC)C=CCN(Cc6ccccc6)C(=O)[C@@H]5[C@H]3C(=O)N([C@H](C)CO)C4C2=O)cc1. The van der Waals surface area contributed by atoms with Crippen LogP contribution in [0.25, 0.3) is 0 Å². The van der Waals surface area contributed by atoms with Gasteiger partial charge in [0.1, 0.15) is 11.6 Å². The Kier molecular flexibility index (Phi) is 8.35. The fraction of sp³-hybridized carbons (Fsp3) is 0.472. The van der Waals surface area contributed by atoms with Crippen molar-refractivity contribution in [2.75, 3.05) is 42.6 Å². The van der Waals surface area contributed by atoms with Crippen LogP contribution in [0.1, 0.15) is 39.7 Å². The molecule has 45 heavy (non-hydrogen) atoms. The molecule has 4 heterocycles. The maximum absolute atomic E-state index is 14.7. The summed E-state index contributed by atoms with van der Waals surface area (Å²) in [5.74, 6) is -2.52. The lowest BCUT2D eigenvalue weighted by molar-refractivity contribution is -0.152. The summed E-state index contributed by atoms with van der Waals surface area (Å²) in [6.07, 6.45) is 8.13. The van der Waals surface area contributed by atoms with Crippen LogP contribution in [0.3, 0.4) is 0 Å². The molecule has 0 aliphatic carbocycles. The van der Waals surface area contributed by atoms with Crippen molar-refractivity contribution in [3.05, 3.63) is 84.5 Å². The largest absolute Gasteiger partial charge is 0.394 e. The van der Waals surface area contributed by atoms with E-state index in [1.54, 1.807) is 16.7 Å². The van der Waals surface area contributed by atoms with E-state index in [1.165, 1.54) is 4.90 Å². The number of benzene rings is 2. The van der Waals surface area contributed by atoms with Gasteiger partial charge in [0.05, 0.1) is 30.1 Å². The molecular formula is C36H44N4O5. The van der Waals surface area contributed by atoms with E-state index >= 15 is 0 Å². The number of hydrogen-bond acceptors (Lipinski definition) is 6. The topological polar surface area (TPSA) is 93.6 Å². The number of aliphatic hydroxyl groups is 1. The maximum Gasteiger partial charge on any atom is 0.253 e. The van der Waals surface area contributed by atoms with Crippen LogP contribution in [0.2, 0.25) is 0 Å². The van der Waals surface area contributed by atoms with Crippen LogP contribution in [0.4, 0.5) is 11.4 Å². The van der Waals surface area contributed by atoms with Crippen LogP contribution in [0.15, 0.2) is 78.9 Å². The monoisotopic (exact) mass is 612 g/mol. The molecule has 6 rings (SSSR count). The van der Waals surface area contributed by atoms with Gasteiger partial charge in [0.2, 0.25) is 11.8 Å². The van der Waals surface area contributed by atoms with Crippen LogP contribution in [-0.2, 0) is 25.7 Å². The smallest absolute Gasteiger partial charge is 0.253 e. The lowest BCUT2D eigenvalue weighted by Crippen LogP contribution is -2.58.